The monoisotopic (exact) mass is 244 g/mol. The fourth-order valence-corrected chi connectivity index (χ4v) is 1.60. The number of ether oxygens (including phenoxy) is 2. The molecule has 1 N–H and O–H groups in total. The molecule has 1 saturated heterocycles. The molecular formula is C11H20N2O4. The van der Waals surface area contributed by atoms with Crippen LogP contribution in [0.2, 0.25) is 0 Å². The summed E-state index contributed by atoms with van der Waals surface area (Å²) < 4.78 is 10.3. The third kappa shape index (κ3) is 3.89. The van der Waals surface area contributed by atoms with Gasteiger partial charge in [0.05, 0.1) is 19.3 Å². The van der Waals surface area contributed by atoms with E-state index >= 15 is 0 Å². The first kappa shape index (κ1) is 13.8. The molecule has 0 aromatic carbocycles. The third-order valence-electron chi connectivity index (χ3n) is 2.35. The number of hydrogen-bond donors (Lipinski definition) is 1. The smallest absolute Gasteiger partial charge is 0.410 e. The van der Waals surface area contributed by atoms with Crippen LogP contribution < -0.4 is 5.32 Å². The average molecular weight is 244 g/mol. The lowest BCUT2D eigenvalue weighted by molar-refractivity contribution is -0.131. The van der Waals surface area contributed by atoms with Gasteiger partial charge in [0.1, 0.15) is 6.04 Å². The first-order valence-corrected chi connectivity index (χ1v) is 5.89. The van der Waals surface area contributed by atoms with E-state index in [-0.39, 0.29) is 18.6 Å². The van der Waals surface area contributed by atoms with Crippen LogP contribution in [0.25, 0.3) is 0 Å². The van der Waals surface area contributed by atoms with Crippen molar-refractivity contribution < 1.29 is 19.1 Å². The van der Waals surface area contributed by atoms with Crippen LogP contribution in [-0.4, -0.2) is 55.3 Å². The van der Waals surface area contributed by atoms with Crippen molar-refractivity contribution in [2.24, 2.45) is 0 Å². The van der Waals surface area contributed by atoms with Crippen LogP contribution in [-0.2, 0) is 14.3 Å². The Hall–Kier alpha value is -1.30. The van der Waals surface area contributed by atoms with E-state index in [1.165, 1.54) is 4.90 Å². The van der Waals surface area contributed by atoms with Crippen molar-refractivity contribution in [3.8, 4) is 0 Å². The van der Waals surface area contributed by atoms with Crippen LogP contribution in [0.4, 0.5) is 4.79 Å². The molecule has 6 heteroatoms. The molecule has 2 amide bonds. The van der Waals surface area contributed by atoms with Crippen LogP contribution in [0, 0.1) is 0 Å². The highest BCUT2D eigenvalue weighted by Gasteiger charge is 2.33. The summed E-state index contributed by atoms with van der Waals surface area (Å²) >= 11 is 0. The summed E-state index contributed by atoms with van der Waals surface area (Å²) in [4.78, 5) is 25.0. The molecule has 1 aliphatic rings. The average Bonchev–Trinajstić information content (AvgIpc) is 2.28. The highest BCUT2D eigenvalue weighted by atomic mass is 16.6. The summed E-state index contributed by atoms with van der Waals surface area (Å²) in [5, 5.41) is 2.69. The Bertz CT molecular complexity index is 281. The molecule has 0 bridgehead atoms. The number of morpholine rings is 1. The number of carbonyl (C=O) groups is 2. The molecule has 1 rings (SSSR count). The van der Waals surface area contributed by atoms with Crippen LogP contribution in [0.5, 0.6) is 0 Å². The fraction of sp³-hybridized carbons (Fsp3) is 0.818. The van der Waals surface area contributed by atoms with Crippen LogP contribution in [0.1, 0.15) is 20.8 Å². The van der Waals surface area contributed by atoms with Crippen molar-refractivity contribution in [3.05, 3.63) is 0 Å². The van der Waals surface area contributed by atoms with Crippen molar-refractivity contribution in [1.82, 2.24) is 10.2 Å². The third-order valence-corrected chi connectivity index (χ3v) is 2.35. The summed E-state index contributed by atoms with van der Waals surface area (Å²) in [5.41, 5.74) is 0. The van der Waals surface area contributed by atoms with Crippen LogP contribution in [0.3, 0.4) is 0 Å². The normalized spacial score (nSPS) is 20.2. The maximum absolute atomic E-state index is 11.8. The molecule has 1 atom stereocenters. The Morgan fingerprint density at radius 2 is 2.24 bits per heavy atom. The Morgan fingerprint density at radius 3 is 2.82 bits per heavy atom. The molecule has 1 fully saturated rings. The molecule has 17 heavy (non-hydrogen) atoms. The Morgan fingerprint density at radius 1 is 1.53 bits per heavy atom. The van der Waals surface area contributed by atoms with E-state index in [4.69, 9.17) is 9.47 Å². The Kier molecular flexibility index (Phi) is 5.21. The highest BCUT2D eigenvalue weighted by molar-refractivity contribution is 5.86. The second-order valence-electron chi connectivity index (χ2n) is 4.11. The minimum absolute atomic E-state index is 0.194. The van der Waals surface area contributed by atoms with Gasteiger partial charge >= 0.3 is 6.09 Å². The number of likely N-dealkylation sites (N-methyl/N-ethyl adjacent to an activating group) is 1. The predicted molar refractivity (Wildman–Crippen MR) is 61.6 cm³/mol. The van der Waals surface area contributed by atoms with Gasteiger partial charge in [-0.05, 0) is 20.8 Å². The van der Waals surface area contributed by atoms with Gasteiger partial charge in [-0.25, -0.2) is 4.79 Å². The SMILES string of the molecule is CCNC(=O)C1COCCN1C(=O)OC(C)C. The summed E-state index contributed by atoms with van der Waals surface area (Å²) in [6.45, 7) is 6.95. The molecular weight excluding hydrogens is 224 g/mol. The van der Waals surface area contributed by atoms with E-state index in [0.717, 1.165) is 0 Å². The first-order chi connectivity index (χ1) is 8.06. The molecule has 0 aromatic heterocycles. The summed E-state index contributed by atoms with van der Waals surface area (Å²) in [7, 11) is 0. The summed E-state index contributed by atoms with van der Waals surface area (Å²) in [6.07, 6.45) is -0.653. The fourth-order valence-electron chi connectivity index (χ4n) is 1.60. The second-order valence-corrected chi connectivity index (χ2v) is 4.11. The van der Waals surface area contributed by atoms with E-state index < -0.39 is 12.1 Å². The van der Waals surface area contributed by atoms with Gasteiger partial charge in [-0.2, -0.15) is 0 Å². The molecule has 0 saturated carbocycles. The zero-order valence-electron chi connectivity index (χ0n) is 10.6. The van der Waals surface area contributed by atoms with E-state index in [1.54, 1.807) is 13.8 Å². The van der Waals surface area contributed by atoms with Gasteiger partial charge in [-0.1, -0.05) is 0 Å². The van der Waals surface area contributed by atoms with Crippen molar-refractivity contribution in [3.63, 3.8) is 0 Å². The number of hydrogen-bond acceptors (Lipinski definition) is 4. The lowest BCUT2D eigenvalue weighted by Gasteiger charge is -2.34. The molecule has 0 aliphatic carbocycles. The molecule has 1 unspecified atom stereocenters. The minimum atomic E-state index is -0.588. The van der Waals surface area contributed by atoms with E-state index in [1.807, 2.05) is 6.92 Å². The molecule has 0 radical (unpaired) electrons. The zero-order chi connectivity index (χ0) is 12.8. The van der Waals surface area contributed by atoms with Crippen molar-refractivity contribution in [2.45, 2.75) is 32.9 Å². The largest absolute Gasteiger partial charge is 0.447 e. The van der Waals surface area contributed by atoms with Crippen molar-refractivity contribution in [1.29, 1.82) is 0 Å². The summed E-state index contributed by atoms with van der Waals surface area (Å²) in [5.74, 6) is -0.201. The van der Waals surface area contributed by atoms with Gasteiger partial charge < -0.3 is 14.8 Å². The Balaban J connectivity index is 2.65. The molecule has 98 valence electrons. The lowest BCUT2D eigenvalue weighted by atomic mass is 10.2. The molecule has 0 spiro atoms. The summed E-state index contributed by atoms with van der Waals surface area (Å²) in [6, 6.07) is -0.588. The molecule has 1 aliphatic heterocycles. The number of nitrogens with one attached hydrogen (secondary N) is 1. The van der Waals surface area contributed by atoms with Gasteiger partial charge in [0.25, 0.3) is 0 Å². The van der Waals surface area contributed by atoms with Crippen molar-refractivity contribution in [2.75, 3.05) is 26.3 Å². The number of rotatable bonds is 3. The zero-order valence-corrected chi connectivity index (χ0v) is 10.6. The lowest BCUT2D eigenvalue weighted by Crippen LogP contribution is -2.56. The minimum Gasteiger partial charge on any atom is -0.447 e. The first-order valence-electron chi connectivity index (χ1n) is 5.89. The molecule has 1 heterocycles. The van der Waals surface area contributed by atoms with Crippen LogP contribution in [0.15, 0.2) is 0 Å². The van der Waals surface area contributed by atoms with Crippen molar-refractivity contribution >= 4 is 12.0 Å². The van der Waals surface area contributed by atoms with E-state index in [9.17, 15) is 9.59 Å². The maximum atomic E-state index is 11.8. The topological polar surface area (TPSA) is 67.9 Å². The van der Waals surface area contributed by atoms with Gasteiger partial charge in [0, 0.05) is 13.1 Å². The highest BCUT2D eigenvalue weighted by Crippen LogP contribution is 2.10. The van der Waals surface area contributed by atoms with Gasteiger partial charge in [0.15, 0.2) is 0 Å². The van der Waals surface area contributed by atoms with E-state index in [0.29, 0.717) is 19.7 Å². The molecule has 0 aromatic rings. The molecule has 6 nitrogen and oxygen atoms in total. The van der Waals surface area contributed by atoms with Crippen LogP contribution >= 0.6 is 0 Å². The second kappa shape index (κ2) is 6.44. The quantitative estimate of drug-likeness (QED) is 0.778. The number of carbonyl (C=O) groups excluding carboxylic acids is 2. The number of amides is 2. The van der Waals surface area contributed by atoms with Gasteiger partial charge in [-0.3, -0.25) is 9.69 Å². The Labute approximate surface area is 101 Å². The van der Waals surface area contributed by atoms with Gasteiger partial charge in [0.2, 0.25) is 5.91 Å². The maximum Gasteiger partial charge on any atom is 0.410 e. The number of nitrogens with zero attached hydrogens (tertiary/aromatic N) is 1. The van der Waals surface area contributed by atoms with Gasteiger partial charge in [-0.15, -0.1) is 0 Å². The predicted octanol–water partition coefficient (Wildman–Crippen LogP) is 0.368. The standard InChI is InChI=1S/C11H20N2O4/c1-4-12-10(14)9-7-16-6-5-13(9)11(15)17-8(2)3/h8-9H,4-7H2,1-3H3,(H,12,14). The van der Waals surface area contributed by atoms with E-state index in [2.05, 4.69) is 5.32 Å².